The van der Waals surface area contributed by atoms with Crippen LogP contribution in [0.3, 0.4) is 0 Å². The molecule has 0 amide bonds. The van der Waals surface area contributed by atoms with E-state index in [1.54, 1.807) is 48.5 Å². The molecule has 0 aliphatic rings. The summed E-state index contributed by atoms with van der Waals surface area (Å²) < 4.78 is 109. The lowest BCUT2D eigenvalue weighted by Crippen LogP contribution is -2.56. The number of halogens is 7. The highest BCUT2D eigenvalue weighted by atomic mass is 19.4. The maximum absolute atomic E-state index is 13.3. The molecule has 0 N–H and O–H groups in total. The Morgan fingerprint density at radius 3 is 1.76 bits per heavy atom. The quantitative estimate of drug-likeness (QED) is 0.0601. The van der Waals surface area contributed by atoms with E-state index < -0.39 is 42.5 Å². The van der Waals surface area contributed by atoms with Gasteiger partial charge in [-0.05, 0) is 79.4 Å². The molecule has 3 aromatic rings. The fourth-order valence-electron chi connectivity index (χ4n) is 4.35. The predicted molar refractivity (Wildman–Crippen MR) is 164 cm³/mol. The summed E-state index contributed by atoms with van der Waals surface area (Å²) in [5, 5.41) is 0. The van der Waals surface area contributed by atoms with Crippen LogP contribution in [0, 0.1) is 0 Å². The van der Waals surface area contributed by atoms with E-state index in [0.717, 1.165) is 43.2 Å². The summed E-state index contributed by atoms with van der Waals surface area (Å²) in [6.45, 7) is 2.88. The van der Waals surface area contributed by atoms with Crippen molar-refractivity contribution in [3.05, 3.63) is 83.9 Å². The van der Waals surface area contributed by atoms with Gasteiger partial charge in [0.1, 0.15) is 11.5 Å². The smallest absolute Gasteiger partial charge is 0.460 e. The normalized spacial score (nSPS) is 12.6. The number of ether oxygens (including phenoxy) is 4. The van der Waals surface area contributed by atoms with Crippen LogP contribution in [0.15, 0.2) is 72.8 Å². The van der Waals surface area contributed by atoms with Gasteiger partial charge in [-0.2, -0.15) is 30.7 Å². The van der Waals surface area contributed by atoms with E-state index in [4.69, 9.17) is 14.2 Å². The van der Waals surface area contributed by atoms with E-state index in [2.05, 4.69) is 11.7 Å². The molecule has 49 heavy (non-hydrogen) atoms. The zero-order valence-corrected chi connectivity index (χ0v) is 26.7. The van der Waals surface area contributed by atoms with Gasteiger partial charge in [0.15, 0.2) is 0 Å². The van der Waals surface area contributed by atoms with Crippen LogP contribution in [0.2, 0.25) is 0 Å². The number of carbonyl (C=O) groups is 3. The van der Waals surface area contributed by atoms with Gasteiger partial charge in [0.05, 0.1) is 30.4 Å². The summed E-state index contributed by atoms with van der Waals surface area (Å²) in [5.41, 5.74) is 2.07. The maximum atomic E-state index is 13.3. The second-order valence-electron chi connectivity index (χ2n) is 11.1. The number of rotatable bonds is 17. The molecule has 7 nitrogen and oxygen atoms in total. The highest BCUT2D eigenvalue weighted by molar-refractivity contribution is 5.92. The zero-order valence-electron chi connectivity index (χ0n) is 26.7. The first-order valence-corrected chi connectivity index (χ1v) is 15.4. The molecule has 0 bridgehead atoms. The van der Waals surface area contributed by atoms with Gasteiger partial charge in [0.25, 0.3) is 0 Å². The Morgan fingerprint density at radius 1 is 0.653 bits per heavy atom. The number of hydrogen-bond donors (Lipinski definition) is 0. The maximum Gasteiger partial charge on any atom is 0.460 e. The first kappa shape index (κ1) is 38.8. The average Bonchev–Trinajstić information content (AvgIpc) is 3.06. The van der Waals surface area contributed by atoms with Gasteiger partial charge in [-0.1, -0.05) is 50.5 Å². The summed E-state index contributed by atoms with van der Waals surface area (Å²) in [5.74, 6) is -16.2. The molecule has 1 atom stereocenters. The van der Waals surface area contributed by atoms with E-state index in [-0.39, 0.29) is 30.4 Å². The van der Waals surface area contributed by atoms with Gasteiger partial charge in [-0.25, -0.2) is 14.4 Å². The van der Waals surface area contributed by atoms with Crippen LogP contribution < -0.4 is 9.47 Å². The first-order valence-electron chi connectivity index (χ1n) is 15.4. The lowest BCUT2D eigenvalue weighted by atomic mass is 10.0. The van der Waals surface area contributed by atoms with Crippen LogP contribution in [0.4, 0.5) is 30.7 Å². The molecular weight excluding hydrogens is 665 g/mol. The lowest BCUT2D eigenvalue weighted by molar-refractivity contribution is -0.348. The Balaban J connectivity index is 1.44. The third-order valence-electron chi connectivity index (χ3n) is 7.18. The van der Waals surface area contributed by atoms with Gasteiger partial charge >= 0.3 is 35.9 Å². The van der Waals surface area contributed by atoms with E-state index >= 15 is 0 Å². The topological polar surface area (TPSA) is 88.1 Å². The minimum Gasteiger partial charge on any atom is -0.493 e. The molecular formula is C35H35F7O7. The summed E-state index contributed by atoms with van der Waals surface area (Å²) in [4.78, 5) is 36.2. The minimum atomic E-state index is -6.64. The fraction of sp³-hybridized carbons (Fsp3) is 0.400. The second kappa shape index (κ2) is 17.2. The van der Waals surface area contributed by atoms with Crippen LogP contribution in [0.1, 0.15) is 73.1 Å². The monoisotopic (exact) mass is 700 g/mol. The fourth-order valence-corrected chi connectivity index (χ4v) is 4.35. The Bertz CT molecular complexity index is 1520. The largest absolute Gasteiger partial charge is 0.493 e. The Morgan fingerprint density at radius 2 is 1.18 bits per heavy atom. The van der Waals surface area contributed by atoms with Crippen LogP contribution in [0.5, 0.6) is 11.5 Å². The molecule has 0 aliphatic carbocycles. The number of carbonyl (C=O) groups excluding carboxylic acids is 3. The molecule has 3 rings (SSSR count). The number of benzene rings is 3. The van der Waals surface area contributed by atoms with E-state index in [1.807, 2.05) is 6.92 Å². The molecule has 266 valence electrons. The van der Waals surface area contributed by atoms with Crippen LogP contribution in [0.25, 0.3) is 11.1 Å². The van der Waals surface area contributed by atoms with Crippen molar-refractivity contribution in [2.45, 2.75) is 76.5 Å². The van der Waals surface area contributed by atoms with Gasteiger partial charge in [-0.3, -0.25) is 0 Å². The predicted octanol–water partition coefficient (Wildman–Crippen LogP) is 9.23. The van der Waals surface area contributed by atoms with Crippen molar-refractivity contribution < 1.29 is 64.1 Å². The van der Waals surface area contributed by atoms with Gasteiger partial charge in [-0.15, -0.1) is 0 Å². The SMILES string of the molecule is CCCCCC[C@H](C)OC(=O)c1ccc(OC(=O)c2ccc(-c3ccc(OCCCOC(=O)C(F)(F)C(F)(F)C(F)(F)F)cc3)cc2)cc1. The van der Waals surface area contributed by atoms with Gasteiger partial charge in [0.2, 0.25) is 0 Å². The van der Waals surface area contributed by atoms with Crippen molar-refractivity contribution in [3.63, 3.8) is 0 Å². The Labute approximate surface area is 278 Å². The molecule has 0 spiro atoms. The number of hydrogen-bond acceptors (Lipinski definition) is 7. The molecule has 0 aliphatic heterocycles. The Hall–Kier alpha value is -4.62. The van der Waals surface area contributed by atoms with Crippen molar-refractivity contribution in [3.8, 4) is 22.6 Å². The van der Waals surface area contributed by atoms with E-state index in [0.29, 0.717) is 11.3 Å². The van der Waals surface area contributed by atoms with Crippen molar-refractivity contribution in [2.75, 3.05) is 13.2 Å². The first-order chi connectivity index (χ1) is 23.1. The summed E-state index contributed by atoms with van der Waals surface area (Å²) >= 11 is 0. The second-order valence-corrected chi connectivity index (χ2v) is 11.1. The van der Waals surface area contributed by atoms with Crippen molar-refractivity contribution >= 4 is 17.9 Å². The average molecular weight is 701 g/mol. The molecule has 0 fully saturated rings. The lowest BCUT2D eigenvalue weighted by Gasteiger charge is -2.26. The highest BCUT2D eigenvalue weighted by Crippen LogP contribution is 2.47. The third kappa shape index (κ3) is 10.7. The molecule has 14 heteroatoms. The molecule has 0 unspecified atom stereocenters. The number of unbranched alkanes of at least 4 members (excludes halogenated alkanes) is 3. The third-order valence-corrected chi connectivity index (χ3v) is 7.18. The summed E-state index contributed by atoms with van der Waals surface area (Å²) in [7, 11) is 0. The molecule has 0 heterocycles. The van der Waals surface area contributed by atoms with E-state index in [1.165, 1.54) is 24.3 Å². The highest BCUT2D eigenvalue weighted by Gasteiger charge is 2.77. The van der Waals surface area contributed by atoms with Crippen molar-refractivity contribution in [1.82, 2.24) is 0 Å². The van der Waals surface area contributed by atoms with Crippen LogP contribution in [-0.4, -0.2) is 55.2 Å². The standard InChI is InChI=1S/C35H35F7O7/c1-3-4-5-6-8-23(2)48-30(43)27-15-19-29(20-16-27)49-31(44)26-11-9-24(10-12-26)25-13-17-28(18-14-25)46-21-7-22-47-32(45)33(36,37)34(38,39)35(40,41)42/h9-20,23H,3-8,21-22H2,1-2H3/t23-/m0/s1. The molecule has 0 aromatic heterocycles. The van der Waals surface area contributed by atoms with Gasteiger partial charge in [0, 0.05) is 6.42 Å². The van der Waals surface area contributed by atoms with Crippen LogP contribution >= 0.6 is 0 Å². The molecule has 0 saturated carbocycles. The van der Waals surface area contributed by atoms with Crippen LogP contribution in [-0.2, 0) is 14.3 Å². The number of esters is 3. The molecule has 3 aromatic carbocycles. The minimum absolute atomic E-state index is 0.205. The molecule has 0 saturated heterocycles. The molecule has 0 radical (unpaired) electrons. The zero-order chi connectivity index (χ0) is 36.2. The van der Waals surface area contributed by atoms with E-state index in [9.17, 15) is 45.1 Å². The summed E-state index contributed by atoms with van der Waals surface area (Å²) in [6.07, 6.45) is -1.98. The van der Waals surface area contributed by atoms with Crippen molar-refractivity contribution in [1.29, 1.82) is 0 Å². The summed E-state index contributed by atoms with van der Waals surface area (Å²) in [6, 6.07) is 19.0. The number of alkyl halides is 7. The van der Waals surface area contributed by atoms with Crippen molar-refractivity contribution in [2.24, 2.45) is 0 Å². The van der Waals surface area contributed by atoms with Gasteiger partial charge < -0.3 is 18.9 Å². The Kier molecular flexibility index (Phi) is 13.6.